The van der Waals surface area contributed by atoms with E-state index in [0.29, 0.717) is 12.0 Å². The molecule has 0 bridgehead atoms. The maximum absolute atomic E-state index is 13.0. The number of aliphatic hydroxyl groups is 1. The lowest BCUT2D eigenvalue weighted by atomic mass is 10.0. The Balaban J connectivity index is 1.49. The van der Waals surface area contributed by atoms with E-state index in [2.05, 4.69) is 16.5 Å². The summed E-state index contributed by atoms with van der Waals surface area (Å²) in [5.74, 6) is 1.78. The minimum atomic E-state index is -0.660. The lowest BCUT2D eigenvalue weighted by Gasteiger charge is -2.19. The van der Waals surface area contributed by atoms with E-state index in [1.54, 1.807) is 0 Å². The van der Waals surface area contributed by atoms with Gasteiger partial charge >= 0.3 is 0 Å². The molecule has 4 rings (SSSR count). The van der Waals surface area contributed by atoms with Crippen LogP contribution in [0.3, 0.4) is 0 Å². The molecule has 0 aliphatic heterocycles. The molecule has 0 heterocycles. The summed E-state index contributed by atoms with van der Waals surface area (Å²) in [6, 6.07) is 23.1. The van der Waals surface area contributed by atoms with Crippen LogP contribution in [0.25, 0.3) is 11.1 Å². The van der Waals surface area contributed by atoms with Gasteiger partial charge in [-0.05, 0) is 59.7 Å². The zero-order valence-corrected chi connectivity index (χ0v) is 20.7. The van der Waals surface area contributed by atoms with Gasteiger partial charge in [-0.3, -0.25) is 4.79 Å². The molecular formula is C28H31N3O2S. The van der Waals surface area contributed by atoms with Gasteiger partial charge < -0.3 is 15.3 Å². The Kier molecular flexibility index (Phi) is 7.70. The van der Waals surface area contributed by atoms with Crippen LogP contribution in [0.4, 0.5) is 5.69 Å². The van der Waals surface area contributed by atoms with E-state index in [9.17, 15) is 9.90 Å². The molecule has 1 amide bonds. The van der Waals surface area contributed by atoms with Gasteiger partial charge in [-0.1, -0.05) is 48.5 Å². The summed E-state index contributed by atoms with van der Waals surface area (Å²) in [6.07, 6.45) is 1.95. The smallest absolute Gasteiger partial charge is 0.251 e. The Hall–Kier alpha value is -3.09. The van der Waals surface area contributed by atoms with Crippen molar-refractivity contribution in [2.24, 2.45) is 4.99 Å². The van der Waals surface area contributed by atoms with Gasteiger partial charge in [-0.25, -0.2) is 4.99 Å². The molecule has 0 fully saturated rings. The summed E-state index contributed by atoms with van der Waals surface area (Å²) in [5, 5.41) is 13.7. The molecule has 0 saturated heterocycles. The Morgan fingerprint density at radius 1 is 1.09 bits per heavy atom. The highest BCUT2D eigenvalue weighted by Gasteiger charge is 2.32. The molecule has 1 aliphatic rings. The van der Waals surface area contributed by atoms with Crippen molar-refractivity contribution in [2.45, 2.75) is 25.5 Å². The van der Waals surface area contributed by atoms with Crippen molar-refractivity contribution < 1.29 is 9.90 Å². The molecule has 3 aromatic carbocycles. The third-order valence-electron chi connectivity index (χ3n) is 6.29. The number of hydrogen-bond acceptors (Lipinski definition) is 4. The van der Waals surface area contributed by atoms with Crippen molar-refractivity contribution in [1.29, 1.82) is 0 Å². The van der Waals surface area contributed by atoms with Gasteiger partial charge in [0, 0.05) is 31.3 Å². The molecule has 0 spiro atoms. The number of nitrogens with one attached hydrogen (secondary N) is 1. The van der Waals surface area contributed by atoms with Crippen LogP contribution in [-0.2, 0) is 6.42 Å². The number of nitrogens with zero attached hydrogens (tertiary/aromatic N) is 2. The lowest BCUT2D eigenvalue weighted by molar-refractivity contribution is 0.0858. The highest BCUT2D eigenvalue weighted by Crippen LogP contribution is 2.34. The summed E-state index contributed by atoms with van der Waals surface area (Å²) in [6.45, 7) is 2.93. The number of amides is 1. The largest absolute Gasteiger partial charge is 0.390 e. The van der Waals surface area contributed by atoms with Crippen molar-refractivity contribution >= 4 is 29.2 Å². The van der Waals surface area contributed by atoms with E-state index in [1.807, 2.05) is 98.5 Å². The maximum Gasteiger partial charge on any atom is 0.251 e. The molecule has 176 valence electrons. The van der Waals surface area contributed by atoms with Crippen LogP contribution in [0.2, 0.25) is 0 Å². The summed E-state index contributed by atoms with van der Waals surface area (Å²) in [4.78, 5) is 19.9. The molecule has 1 aliphatic carbocycles. The fraction of sp³-hybridized carbons (Fsp3) is 0.286. The van der Waals surface area contributed by atoms with Crippen LogP contribution in [0, 0.1) is 0 Å². The van der Waals surface area contributed by atoms with E-state index in [0.717, 1.165) is 46.1 Å². The Bertz CT molecular complexity index is 1160. The first-order valence-corrected chi connectivity index (χ1v) is 12.9. The molecule has 2 atom stereocenters. The second-order valence-corrected chi connectivity index (χ2v) is 9.61. The van der Waals surface area contributed by atoms with Gasteiger partial charge in [0.2, 0.25) is 0 Å². The third-order valence-corrected chi connectivity index (χ3v) is 6.88. The van der Waals surface area contributed by atoms with Crippen molar-refractivity contribution in [3.63, 3.8) is 0 Å². The zero-order chi connectivity index (χ0) is 24.1. The zero-order valence-electron chi connectivity index (χ0n) is 19.9. The number of hydrogen-bond donors (Lipinski definition) is 2. The van der Waals surface area contributed by atoms with Crippen LogP contribution in [-0.4, -0.2) is 53.5 Å². The van der Waals surface area contributed by atoms with Gasteiger partial charge in [0.1, 0.15) is 5.84 Å². The Morgan fingerprint density at radius 2 is 1.79 bits per heavy atom. The standard InChI is InChI=1S/C28H31N3O2S/c1-19(31(2)15-16-34-3)29-24-14-13-23-17-26(32)27(25(23)18-24)30-28(33)22-11-9-21(10-12-22)20-7-5-4-6-8-20/h4-14,18,26-27,32H,15-17H2,1-3H3,(H,30,33)/b29-19+/t26-,27-/m1/s1. The van der Waals surface area contributed by atoms with E-state index in [-0.39, 0.29) is 5.91 Å². The van der Waals surface area contributed by atoms with Crippen molar-refractivity contribution in [3.8, 4) is 11.1 Å². The number of aliphatic hydroxyl groups excluding tert-OH is 1. The first-order valence-electron chi connectivity index (χ1n) is 11.5. The van der Waals surface area contributed by atoms with Gasteiger partial charge in [-0.15, -0.1) is 0 Å². The van der Waals surface area contributed by atoms with Crippen LogP contribution in [0.5, 0.6) is 0 Å². The first-order chi connectivity index (χ1) is 16.5. The Labute approximate surface area is 205 Å². The van der Waals surface area contributed by atoms with Crippen LogP contribution in [0.1, 0.15) is 34.5 Å². The summed E-state index contributed by atoms with van der Waals surface area (Å²) >= 11 is 1.81. The molecule has 0 radical (unpaired) electrons. The minimum Gasteiger partial charge on any atom is -0.390 e. The predicted octanol–water partition coefficient (Wildman–Crippen LogP) is 5.09. The highest BCUT2D eigenvalue weighted by atomic mass is 32.2. The van der Waals surface area contributed by atoms with Gasteiger partial charge in [0.05, 0.1) is 17.8 Å². The van der Waals surface area contributed by atoms with Crippen LogP contribution in [0.15, 0.2) is 77.8 Å². The number of benzene rings is 3. The number of carbonyl (C=O) groups excluding carboxylic acids is 1. The molecule has 5 nitrogen and oxygen atoms in total. The molecule has 6 heteroatoms. The number of amidine groups is 1. The number of thioether (sulfide) groups is 1. The van der Waals surface area contributed by atoms with E-state index < -0.39 is 12.1 Å². The number of carbonyl (C=O) groups is 1. The average molecular weight is 474 g/mol. The number of fused-ring (bicyclic) bond motifs is 1. The Morgan fingerprint density at radius 3 is 2.50 bits per heavy atom. The number of rotatable bonds is 7. The molecule has 3 aromatic rings. The fourth-order valence-electron chi connectivity index (χ4n) is 4.18. The average Bonchev–Trinajstić information content (AvgIpc) is 3.17. The second-order valence-electron chi connectivity index (χ2n) is 8.62. The van der Waals surface area contributed by atoms with E-state index in [1.165, 1.54) is 0 Å². The molecule has 2 N–H and O–H groups in total. The van der Waals surface area contributed by atoms with Crippen molar-refractivity contribution in [3.05, 3.63) is 89.5 Å². The normalized spacial score (nSPS) is 17.4. The summed E-state index contributed by atoms with van der Waals surface area (Å²) < 4.78 is 0. The molecule has 0 aromatic heterocycles. The first kappa shape index (κ1) is 24.0. The fourth-order valence-corrected chi connectivity index (χ4v) is 4.64. The van der Waals surface area contributed by atoms with Crippen molar-refractivity contribution in [2.75, 3.05) is 25.6 Å². The third kappa shape index (κ3) is 5.51. The summed E-state index contributed by atoms with van der Waals surface area (Å²) in [5.41, 5.74) is 5.54. The maximum atomic E-state index is 13.0. The predicted molar refractivity (Wildman–Crippen MR) is 142 cm³/mol. The van der Waals surface area contributed by atoms with Crippen LogP contribution < -0.4 is 5.32 Å². The molecular weight excluding hydrogens is 442 g/mol. The second kappa shape index (κ2) is 10.9. The SMILES string of the molecule is CSCCN(C)/C(C)=N/c1ccc2c(c1)[C@@H](NC(=O)c1ccc(-c3ccccc3)cc1)[C@H](O)C2. The topological polar surface area (TPSA) is 64.9 Å². The van der Waals surface area contributed by atoms with Crippen molar-refractivity contribution in [1.82, 2.24) is 10.2 Å². The van der Waals surface area contributed by atoms with E-state index in [4.69, 9.17) is 4.99 Å². The van der Waals surface area contributed by atoms with Gasteiger partial charge in [0.25, 0.3) is 5.91 Å². The van der Waals surface area contributed by atoms with E-state index >= 15 is 0 Å². The minimum absolute atomic E-state index is 0.196. The quantitative estimate of drug-likeness (QED) is 0.371. The molecule has 34 heavy (non-hydrogen) atoms. The number of aliphatic imine (C=N–C) groups is 1. The lowest BCUT2D eigenvalue weighted by Crippen LogP contribution is -2.33. The highest BCUT2D eigenvalue weighted by molar-refractivity contribution is 7.98. The summed E-state index contributed by atoms with van der Waals surface area (Å²) in [7, 11) is 2.04. The van der Waals surface area contributed by atoms with Gasteiger partial charge in [0.15, 0.2) is 0 Å². The monoisotopic (exact) mass is 473 g/mol. The molecule has 0 saturated carbocycles. The molecule has 0 unspecified atom stereocenters. The van der Waals surface area contributed by atoms with Crippen LogP contribution >= 0.6 is 11.8 Å². The van der Waals surface area contributed by atoms with Gasteiger partial charge in [-0.2, -0.15) is 11.8 Å².